The van der Waals surface area contributed by atoms with Crippen LogP contribution >= 0.6 is 15.9 Å². The maximum atomic E-state index is 5.83. The van der Waals surface area contributed by atoms with Crippen molar-refractivity contribution in [3.63, 3.8) is 0 Å². The van der Waals surface area contributed by atoms with E-state index in [2.05, 4.69) is 15.9 Å². The molecule has 0 aliphatic carbocycles. The Hall–Kier alpha value is -1.72. The SMILES string of the molecule is NCc1cc(Br)ccc1OCc1ccc2c(c1)OCO2. The molecule has 0 unspecified atom stereocenters. The highest BCUT2D eigenvalue weighted by Gasteiger charge is 2.13. The zero-order valence-electron chi connectivity index (χ0n) is 10.8. The predicted octanol–water partition coefficient (Wildman–Crippen LogP) is 3.22. The summed E-state index contributed by atoms with van der Waals surface area (Å²) in [5.41, 5.74) is 7.73. The van der Waals surface area contributed by atoms with Gasteiger partial charge in [0.2, 0.25) is 6.79 Å². The van der Waals surface area contributed by atoms with Crippen LogP contribution in [0.1, 0.15) is 11.1 Å². The van der Waals surface area contributed by atoms with Crippen molar-refractivity contribution in [3.8, 4) is 17.2 Å². The molecule has 0 spiro atoms. The molecule has 0 bridgehead atoms. The summed E-state index contributed by atoms with van der Waals surface area (Å²) in [4.78, 5) is 0. The van der Waals surface area contributed by atoms with Crippen molar-refractivity contribution in [3.05, 3.63) is 52.0 Å². The van der Waals surface area contributed by atoms with Crippen LogP contribution in [0.2, 0.25) is 0 Å². The number of halogens is 1. The van der Waals surface area contributed by atoms with E-state index in [4.69, 9.17) is 19.9 Å². The van der Waals surface area contributed by atoms with Gasteiger partial charge in [-0.2, -0.15) is 0 Å². The Morgan fingerprint density at radius 2 is 1.95 bits per heavy atom. The number of rotatable bonds is 4. The number of hydrogen-bond donors (Lipinski definition) is 1. The molecule has 0 saturated heterocycles. The third-order valence-electron chi connectivity index (χ3n) is 3.07. The highest BCUT2D eigenvalue weighted by Crippen LogP contribution is 2.33. The van der Waals surface area contributed by atoms with Crippen molar-refractivity contribution in [1.82, 2.24) is 0 Å². The monoisotopic (exact) mass is 335 g/mol. The molecule has 3 rings (SSSR count). The highest BCUT2D eigenvalue weighted by molar-refractivity contribution is 9.10. The summed E-state index contributed by atoms with van der Waals surface area (Å²) in [6.45, 7) is 1.19. The fourth-order valence-corrected chi connectivity index (χ4v) is 2.45. The van der Waals surface area contributed by atoms with Gasteiger partial charge in [-0.1, -0.05) is 22.0 Å². The molecule has 1 heterocycles. The maximum Gasteiger partial charge on any atom is 0.231 e. The van der Waals surface area contributed by atoms with Gasteiger partial charge in [0.1, 0.15) is 12.4 Å². The molecule has 2 aromatic rings. The second-order valence-corrected chi connectivity index (χ2v) is 5.35. The molecule has 4 nitrogen and oxygen atoms in total. The Morgan fingerprint density at radius 1 is 1.10 bits per heavy atom. The van der Waals surface area contributed by atoms with Crippen LogP contribution in [-0.4, -0.2) is 6.79 Å². The molecule has 0 radical (unpaired) electrons. The van der Waals surface area contributed by atoms with Crippen molar-refractivity contribution in [1.29, 1.82) is 0 Å². The Kier molecular flexibility index (Phi) is 3.80. The summed E-state index contributed by atoms with van der Waals surface area (Å²) in [5, 5.41) is 0. The zero-order chi connectivity index (χ0) is 13.9. The van der Waals surface area contributed by atoms with Gasteiger partial charge in [0.05, 0.1) is 0 Å². The normalized spacial score (nSPS) is 12.5. The van der Waals surface area contributed by atoms with E-state index in [0.29, 0.717) is 13.2 Å². The first kappa shape index (κ1) is 13.3. The Morgan fingerprint density at radius 3 is 2.80 bits per heavy atom. The van der Waals surface area contributed by atoms with E-state index in [1.807, 2.05) is 36.4 Å². The molecule has 0 amide bonds. The Bertz CT molecular complexity index is 631. The molecule has 1 aliphatic rings. The first-order valence-corrected chi connectivity index (χ1v) is 7.05. The molecule has 5 heteroatoms. The lowest BCUT2D eigenvalue weighted by molar-refractivity contribution is 0.174. The van der Waals surface area contributed by atoms with E-state index in [-0.39, 0.29) is 6.79 Å². The predicted molar refractivity (Wildman–Crippen MR) is 78.9 cm³/mol. The van der Waals surface area contributed by atoms with Crippen molar-refractivity contribution in [2.75, 3.05) is 6.79 Å². The van der Waals surface area contributed by atoms with Crippen LogP contribution in [0, 0.1) is 0 Å². The van der Waals surface area contributed by atoms with Gasteiger partial charge >= 0.3 is 0 Å². The molecule has 1 aliphatic heterocycles. The highest BCUT2D eigenvalue weighted by atomic mass is 79.9. The van der Waals surface area contributed by atoms with Gasteiger partial charge in [-0.15, -0.1) is 0 Å². The Labute approximate surface area is 125 Å². The van der Waals surface area contributed by atoms with Crippen molar-refractivity contribution in [2.45, 2.75) is 13.2 Å². The lowest BCUT2D eigenvalue weighted by Crippen LogP contribution is -2.02. The molecule has 0 atom stereocenters. The summed E-state index contributed by atoms with van der Waals surface area (Å²) in [5.74, 6) is 2.34. The smallest absolute Gasteiger partial charge is 0.231 e. The lowest BCUT2D eigenvalue weighted by Gasteiger charge is -2.11. The van der Waals surface area contributed by atoms with Crippen LogP contribution in [-0.2, 0) is 13.2 Å². The van der Waals surface area contributed by atoms with Crippen LogP contribution in [0.3, 0.4) is 0 Å². The van der Waals surface area contributed by atoms with Crippen LogP contribution < -0.4 is 19.9 Å². The van der Waals surface area contributed by atoms with Crippen molar-refractivity contribution in [2.24, 2.45) is 5.73 Å². The largest absolute Gasteiger partial charge is 0.489 e. The van der Waals surface area contributed by atoms with E-state index in [1.165, 1.54) is 0 Å². The van der Waals surface area contributed by atoms with Gasteiger partial charge < -0.3 is 19.9 Å². The first-order chi connectivity index (χ1) is 9.76. The summed E-state index contributed by atoms with van der Waals surface area (Å²) >= 11 is 3.43. The number of hydrogen-bond acceptors (Lipinski definition) is 4. The van der Waals surface area contributed by atoms with Gasteiger partial charge in [0.25, 0.3) is 0 Å². The minimum atomic E-state index is 0.281. The average Bonchev–Trinajstić information content (AvgIpc) is 2.93. The van der Waals surface area contributed by atoms with Crippen molar-refractivity contribution < 1.29 is 14.2 Å². The minimum absolute atomic E-state index is 0.281. The van der Waals surface area contributed by atoms with E-state index in [9.17, 15) is 0 Å². The lowest BCUT2D eigenvalue weighted by atomic mass is 10.2. The van der Waals surface area contributed by atoms with Gasteiger partial charge in [0, 0.05) is 16.6 Å². The van der Waals surface area contributed by atoms with E-state index in [1.54, 1.807) is 0 Å². The quantitative estimate of drug-likeness (QED) is 0.932. The average molecular weight is 336 g/mol. The van der Waals surface area contributed by atoms with Gasteiger partial charge in [-0.25, -0.2) is 0 Å². The summed E-state index contributed by atoms with van der Waals surface area (Å²) in [6, 6.07) is 11.6. The number of fused-ring (bicyclic) bond motifs is 1. The van der Waals surface area contributed by atoms with Crippen LogP contribution in [0.4, 0.5) is 0 Å². The fourth-order valence-electron chi connectivity index (χ4n) is 2.04. The molecule has 0 saturated carbocycles. The maximum absolute atomic E-state index is 5.83. The summed E-state index contributed by atoms with van der Waals surface area (Å²) in [6.07, 6.45) is 0. The van der Waals surface area contributed by atoms with E-state index < -0.39 is 0 Å². The van der Waals surface area contributed by atoms with E-state index >= 15 is 0 Å². The van der Waals surface area contributed by atoms with Gasteiger partial charge in [-0.05, 0) is 35.9 Å². The topological polar surface area (TPSA) is 53.7 Å². The van der Waals surface area contributed by atoms with Crippen molar-refractivity contribution >= 4 is 15.9 Å². The summed E-state index contributed by atoms with van der Waals surface area (Å²) < 4.78 is 17.5. The molecule has 2 aromatic carbocycles. The summed E-state index contributed by atoms with van der Waals surface area (Å²) in [7, 11) is 0. The molecule has 104 valence electrons. The second kappa shape index (κ2) is 5.73. The number of benzene rings is 2. The molecular formula is C15H14BrNO3. The molecule has 2 N–H and O–H groups in total. The van der Waals surface area contributed by atoms with Crippen LogP contribution in [0.25, 0.3) is 0 Å². The fraction of sp³-hybridized carbons (Fsp3) is 0.200. The standard InChI is InChI=1S/C15H14BrNO3/c16-12-2-4-13(11(6-12)7-17)18-8-10-1-3-14-15(5-10)20-9-19-14/h1-6H,7-9,17H2. The third-order valence-corrected chi connectivity index (χ3v) is 3.57. The molecule has 0 aromatic heterocycles. The molecular weight excluding hydrogens is 322 g/mol. The van der Waals surface area contributed by atoms with Gasteiger partial charge in [0.15, 0.2) is 11.5 Å². The third kappa shape index (κ3) is 2.73. The Balaban J connectivity index is 1.73. The minimum Gasteiger partial charge on any atom is -0.489 e. The number of ether oxygens (including phenoxy) is 3. The van der Waals surface area contributed by atoms with Gasteiger partial charge in [-0.3, -0.25) is 0 Å². The van der Waals surface area contributed by atoms with E-state index in [0.717, 1.165) is 32.8 Å². The second-order valence-electron chi connectivity index (χ2n) is 4.43. The molecule has 20 heavy (non-hydrogen) atoms. The first-order valence-electron chi connectivity index (χ1n) is 6.26. The van der Waals surface area contributed by atoms with Crippen LogP contribution in [0.15, 0.2) is 40.9 Å². The number of nitrogens with two attached hydrogens (primary N) is 1. The molecule has 0 fully saturated rings. The van der Waals surface area contributed by atoms with Crippen LogP contribution in [0.5, 0.6) is 17.2 Å². The zero-order valence-corrected chi connectivity index (χ0v) is 12.4.